The second kappa shape index (κ2) is 9.67. The Morgan fingerprint density at radius 3 is 2.77 bits per heavy atom. The van der Waals surface area contributed by atoms with Gasteiger partial charge in [-0.15, -0.1) is 0 Å². The molecule has 2 aromatic rings. The summed E-state index contributed by atoms with van der Waals surface area (Å²) in [6.45, 7) is 9.28. The minimum absolute atomic E-state index is 0.0292. The molecular weight excluding hydrogens is 376 g/mol. The van der Waals surface area contributed by atoms with E-state index in [1.165, 1.54) is 11.3 Å². The first-order chi connectivity index (χ1) is 14.6. The maximum atomic E-state index is 12.7. The summed E-state index contributed by atoms with van der Waals surface area (Å²) in [5.74, 6) is 0.715. The third kappa shape index (κ3) is 4.87. The minimum Gasteiger partial charge on any atom is -0.467 e. The Labute approximate surface area is 179 Å². The molecule has 30 heavy (non-hydrogen) atoms. The van der Waals surface area contributed by atoms with Crippen LogP contribution >= 0.6 is 0 Å². The van der Waals surface area contributed by atoms with Gasteiger partial charge >= 0.3 is 0 Å². The molecule has 4 rings (SSSR count). The number of unbranched alkanes of at least 4 members (excludes halogenated alkanes) is 1. The van der Waals surface area contributed by atoms with Crippen LogP contribution in [0, 0.1) is 0 Å². The monoisotopic (exact) mass is 410 g/mol. The molecule has 1 N–H and O–H groups in total. The van der Waals surface area contributed by atoms with Gasteiger partial charge in [-0.05, 0) is 57.5 Å². The molecule has 1 amide bonds. The second-order valence-corrected chi connectivity index (χ2v) is 8.68. The van der Waals surface area contributed by atoms with E-state index in [1.807, 2.05) is 0 Å². The summed E-state index contributed by atoms with van der Waals surface area (Å²) in [7, 11) is 2.18. The largest absolute Gasteiger partial charge is 0.467 e. The number of fused-ring (bicyclic) bond motifs is 1. The summed E-state index contributed by atoms with van der Waals surface area (Å²) in [4.78, 5) is 20.0. The zero-order chi connectivity index (χ0) is 20.9. The molecule has 1 aromatic carbocycles. The van der Waals surface area contributed by atoms with Gasteiger partial charge in [0, 0.05) is 44.5 Å². The fourth-order valence-corrected chi connectivity index (χ4v) is 4.52. The van der Waals surface area contributed by atoms with Crippen molar-refractivity contribution in [3.63, 3.8) is 0 Å². The molecule has 6 nitrogen and oxygen atoms in total. The zero-order valence-electron chi connectivity index (χ0n) is 18.3. The Bertz CT molecular complexity index is 841. The number of hydrogen-bond acceptors (Lipinski definition) is 5. The molecule has 0 aliphatic carbocycles. The highest BCUT2D eigenvalue weighted by Crippen LogP contribution is 2.33. The van der Waals surface area contributed by atoms with Gasteiger partial charge in [-0.25, -0.2) is 0 Å². The molecule has 1 unspecified atom stereocenters. The Morgan fingerprint density at radius 1 is 1.13 bits per heavy atom. The first-order valence-electron chi connectivity index (χ1n) is 11.2. The number of nitrogens with zero attached hydrogens (tertiary/aromatic N) is 3. The van der Waals surface area contributed by atoms with Crippen molar-refractivity contribution in [3.05, 3.63) is 53.5 Å². The first kappa shape index (κ1) is 20.9. The number of hydrogen-bond donors (Lipinski definition) is 1. The molecule has 0 radical (unpaired) electrons. The molecule has 1 aromatic heterocycles. The van der Waals surface area contributed by atoms with Crippen molar-refractivity contribution in [2.24, 2.45) is 0 Å². The van der Waals surface area contributed by atoms with Crippen LogP contribution in [0.1, 0.15) is 41.4 Å². The van der Waals surface area contributed by atoms with Gasteiger partial charge in [0.25, 0.3) is 5.91 Å². The normalized spacial score (nSPS) is 19.8. The number of para-hydroxylation sites is 1. The van der Waals surface area contributed by atoms with Crippen molar-refractivity contribution in [2.45, 2.75) is 38.8 Å². The van der Waals surface area contributed by atoms with Gasteiger partial charge < -0.3 is 24.4 Å². The topological polar surface area (TPSA) is 52.0 Å². The number of carbonyl (C=O) groups excluding carboxylic acids is 1. The number of rotatable bonds is 8. The van der Waals surface area contributed by atoms with Crippen molar-refractivity contribution in [3.8, 4) is 0 Å². The van der Waals surface area contributed by atoms with E-state index in [0.717, 1.165) is 57.7 Å². The summed E-state index contributed by atoms with van der Waals surface area (Å²) in [6.07, 6.45) is 4.78. The van der Waals surface area contributed by atoms with Crippen LogP contribution in [0.2, 0.25) is 0 Å². The van der Waals surface area contributed by atoms with Gasteiger partial charge in [0.1, 0.15) is 5.76 Å². The quantitative estimate of drug-likeness (QED) is 0.678. The lowest BCUT2D eigenvalue weighted by Gasteiger charge is -2.32. The molecule has 1 atom stereocenters. The smallest absolute Gasteiger partial charge is 0.254 e. The van der Waals surface area contributed by atoms with Gasteiger partial charge in [0.05, 0.1) is 18.4 Å². The highest BCUT2D eigenvalue weighted by atomic mass is 16.3. The lowest BCUT2D eigenvalue weighted by molar-refractivity contribution is 0.0950. The number of nitrogens with one attached hydrogen (secondary N) is 1. The van der Waals surface area contributed by atoms with Gasteiger partial charge in [-0.3, -0.25) is 4.79 Å². The second-order valence-electron chi connectivity index (χ2n) is 8.68. The van der Waals surface area contributed by atoms with Crippen LogP contribution in [0.25, 0.3) is 0 Å². The Balaban J connectivity index is 1.25. The van der Waals surface area contributed by atoms with Crippen LogP contribution in [-0.2, 0) is 13.0 Å². The molecule has 2 aliphatic heterocycles. The molecule has 1 saturated heterocycles. The SMILES string of the molecule is CC1Cc2ccccc2N1Cc1occc1C(=O)NCCCCN1CCN(C)CC1. The number of piperazine rings is 1. The van der Waals surface area contributed by atoms with Crippen molar-refractivity contribution in [1.82, 2.24) is 15.1 Å². The third-order valence-corrected chi connectivity index (χ3v) is 6.43. The number of carbonyl (C=O) groups is 1. The summed E-state index contributed by atoms with van der Waals surface area (Å²) < 4.78 is 5.71. The Morgan fingerprint density at radius 2 is 1.93 bits per heavy atom. The predicted molar refractivity (Wildman–Crippen MR) is 120 cm³/mol. The standard InChI is InChI=1S/C24H34N4O2/c1-19-17-20-7-3-4-8-22(20)28(19)18-23-21(9-16-30-23)24(29)25-10-5-6-11-27-14-12-26(2)13-15-27/h3-4,7-9,16,19H,5-6,10-15,17-18H2,1-2H3,(H,25,29). The van der Waals surface area contributed by atoms with Gasteiger partial charge in [0.15, 0.2) is 0 Å². The van der Waals surface area contributed by atoms with Crippen LogP contribution in [0.4, 0.5) is 5.69 Å². The van der Waals surface area contributed by atoms with Gasteiger partial charge in [-0.2, -0.15) is 0 Å². The van der Waals surface area contributed by atoms with Crippen molar-refractivity contribution < 1.29 is 9.21 Å². The van der Waals surface area contributed by atoms with E-state index in [4.69, 9.17) is 4.42 Å². The van der Waals surface area contributed by atoms with Crippen LogP contribution in [-0.4, -0.2) is 68.1 Å². The lowest BCUT2D eigenvalue weighted by atomic mass is 10.1. The average molecular weight is 411 g/mol. The highest BCUT2D eigenvalue weighted by Gasteiger charge is 2.27. The number of anilines is 1. The number of benzene rings is 1. The summed E-state index contributed by atoms with van der Waals surface area (Å²) in [5, 5.41) is 3.08. The number of likely N-dealkylation sites (N-methyl/N-ethyl adjacent to an activating group) is 1. The molecular formula is C24H34N4O2. The molecule has 6 heteroatoms. The van der Waals surface area contributed by atoms with E-state index in [0.29, 0.717) is 24.7 Å². The van der Waals surface area contributed by atoms with E-state index in [1.54, 1.807) is 12.3 Å². The fraction of sp³-hybridized carbons (Fsp3) is 0.542. The molecule has 2 aliphatic rings. The molecule has 3 heterocycles. The molecule has 1 fully saturated rings. The van der Waals surface area contributed by atoms with Crippen molar-refractivity contribution in [2.75, 3.05) is 51.2 Å². The zero-order valence-corrected chi connectivity index (χ0v) is 18.3. The summed E-state index contributed by atoms with van der Waals surface area (Å²) >= 11 is 0. The predicted octanol–water partition coefficient (Wildman–Crippen LogP) is 2.99. The molecule has 162 valence electrons. The van der Waals surface area contributed by atoms with Gasteiger partial charge in [0.2, 0.25) is 0 Å². The Hall–Kier alpha value is -2.31. The minimum atomic E-state index is -0.0292. The molecule has 0 spiro atoms. The highest BCUT2D eigenvalue weighted by molar-refractivity contribution is 5.95. The van der Waals surface area contributed by atoms with Crippen LogP contribution in [0.15, 0.2) is 41.0 Å². The maximum absolute atomic E-state index is 12.7. The third-order valence-electron chi connectivity index (χ3n) is 6.43. The van der Waals surface area contributed by atoms with E-state index in [9.17, 15) is 4.79 Å². The summed E-state index contributed by atoms with van der Waals surface area (Å²) in [5.41, 5.74) is 3.27. The number of amides is 1. The van der Waals surface area contributed by atoms with Crippen LogP contribution in [0.3, 0.4) is 0 Å². The molecule has 0 saturated carbocycles. The fourth-order valence-electron chi connectivity index (χ4n) is 4.52. The maximum Gasteiger partial charge on any atom is 0.254 e. The van der Waals surface area contributed by atoms with E-state index < -0.39 is 0 Å². The summed E-state index contributed by atoms with van der Waals surface area (Å²) in [6, 6.07) is 10.7. The average Bonchev–Trinajstić information content (AvgIpc) is 3.34. The van der Waals surface area contributed by atoms with Crippen molar-refractivity contribution in [1.29, 1.82) is 0 Å². The van der Waals surface area contributed by atoms with Crippen LogP contribution in [0.5, 0.6) is 0 Å². The lowest BCUT2D eigenvalue weighted by Crippen LogP contribution is -2.44. The van der Waals surface area contributed by atoms with Crippen LogP contribution < -0.4 is 10.2 Å². The Kier molecular flexibility index (Phi) is 6.75. The first-order valence-corrected chi connectivity index (χ1v) is 11.2. The van der Waals surface area contributed by atoms with E-state index >= 15 is 0 Å². The van der Waals surface area contributed by atoms with Gasteiger partial charge in [-0.1, -0.05) is 18.2 Å². The molecule has 0 bridgehead atoms. The van der Waals surface area contributed by atoms with Crippen molar-refractivity contribution >= 4 is 11.6 Å². The number of furan rings is 1. The van der Waals surface area contributed by atoms with E-state index in [2.05, 4.69) is 58.3 Å². The van der Waals surface area contributed by atoms with E-state index in [-0.39, 0.29) is 5.91 Å².